The minimum absolute atomic E-state index is 0.0368. The molecule has 0 aliphatic heterocycles. The second kappa shape index (κ2) is 8.21. The lowest BCUT2D eigenvalue weighted by molar-refractivity contribution is 0.0985. The molecule has 0 saturated carbocycles. The molecular formula is C25H23ClN2OS. The van der Waals surface area contributed by atoms with Gasteiger partial charge in [-0.25, -0.2) is 4.98 Å². The number of carbonyl (C=O) groups excluding carboxylic acids is 1. The van der Waals surface area contributed by atoms with Crippen LogP contribution in [0.15, 0.2) is 72.8 Å². The molecule has 0 fully saturated rings. The van der Waals surface area contributed by atoms with Gasteiger partial charge in [-0.05, 0) is 40.8 Å². The van der Waals surface area contributed by atoms with Crippen molar-refractivity contribution in [3.63, 3.8) is 0 Å². The van der Waals surface area contributed by atoms with E-state index in [0.29, 0.717) is 22.3 Å². The zero-order valence-electron chi connectivity index (χ0n) is 17.2. The maximum atomic E-state index is 13.5. The second-order valence-corrected chi connectivity index (χ2v) is 9.70. The molecule has 3 aromatic carbocycles. The molecule has 1 heterocycles. The molecule has 0 N–H and O–H groups in total. The van der Waals surface area contributed by atoms with Crippen molar-refractivity contribution in [1.29, 1.82) is 0 Å². The number of rotatable bonds is 4. The highest BCUT2D eigenvalue weighted by molar-refractivity contribution is 7.22. The van der Waals surface area contributed by atoms with Crippen LogP contribution in [0.25, 0.3) is 10.2 Å². The van der Waals surface area contributed by atoms with Gasteiger partial charge in [0.25, 0.3) is 5.91 Å². The largest absolute Gasteiger partial charge is 0.279 e. The zero-order valence-corrected chi connectivity index (χ0v) is 18.8. The molecule has 30 heavy (non-hydrogen) atoms. The Morgan fingerprint density at radius 3 is 2.30 bits per heavy atom. The maximum Gasteiger partial charge on any atom is 0.260 e. The Hall–Kier alpha value is -2.69. The molecular weight excluding hydrogens is 412 g/mol. The van der Waals surface area contributed by atoms with Crippen molar-refractivity contribution in [2.45, 2.75) is 32.7 Å². The van der Waals surface area contributed by atoms with E-state index in [9.17, 15) is 4.79 Å². The summed E-state index contributed by atoms with van der Waals surface area (Å²) in [7, 11) is 0. The van der Waals surface area contributed by atoms with Gasteiger partial charge in [-0.2, -0.15) is 0 Å². The van der Waals surface area contributed by atoms with Crippen LogP contribution in [0.1, 0.15) is 42.3 Å². The third-order valence-corrected chi connectivity index (χ3v) is 6.36. The molecule has 4 rings (SSSR count). The number of hydrogen-bond acceptors (Lipinski definition) is 3. The summed E-state index contributed by atoms with van der Waals surface area (Å²) in [5.74, 6) is -0.0745. The van der Waals surface area contributed by atoms with Crippen molar-refractivity contribution in [3.8, 4) is 0 Å². The van der Waals surface area contributed by atoms with Gasteiger partial charge in [-0.1, -0.05) is 92.2 Å². The number of nitrogens with zero attached hydrogens (tertiary/aromatic N) is 2. The van der Waals surface area contributed by atoms with Gasteiger partial charge in [0, 0.05) is 5.56 Å². The molecule has 0 unspecified atom stereocenters. The topological polar surface area (TPSA) is 33.2 Å². The summed E-state index contributed by atoms with van der Waals surface area (Å²) in [5.41, 5.74) is 3.65. The Labute approximate surface area is 186 Å². The molecule has 0 radical (unpaired) electrons. The minimum Gasteiger partial charge on any atom is -0.279 e. The summed E-state index contributed by atoms with van der Waals surface area (Å²) >= 11 is 7.81. The Bertz CT molecular complexity index is 1180. The third-order valence-electron chi connectivity index (χ3n) is 5.02. The van der Waals surface area contributed by atoms with E-state index in [1.807, 2.05) is 72.8 Å². The van der Waals surface area contributed by atoms with Crippen LogP contribution < -0.4 is 4.90 Å². The normalized spacial score (nSPS) is 11.6. The predicted molar refractivity (Wildman–Crippen MR) is 127 cm³/mol. The van der Waals surface area contributed by atoms with Crippen LogP contribution in [0.5, 0.6) is 0 Å². The molecule has 0 aliphatic rings. The summed E-state index contributed by atoms with van der Waals surface area (Å²) in [6.07, 6.45) is 0. The number of halogens is 1. The van der Waals surface area contributed by atoms with E-state index in [4.69, 9.17) is 16.6 Å². The van der Waals surface area contributed by atoms with E-state index in [1.54, 1.807) is 4.90 Å². The zero-order chi connectivity index (χ0) is 21.3. The number of hydrogen-bond donors (Lipinski definition) is 0. The highest BCUT2D eigenvalue weighted by Gasteiger charge is 2.23. The van der Waals surface area contributed by atoms with Gasteiger partial charge in [0.15, 0.2) is 5.13 Å². The van der Waals surface area contributed by atoms with E-state index < -0.39 is 0 Å². The van der Waals surface area contributed by atoms with E-state index in [-0.39, 0.29) is 11.3 Å². The number of benzene rings is 3. The van der Waals surface area contributed by atoms with Crippen molar-refractivity contribution >= 4 is 44.2 Å². The number of fused-ring (bicyclic) bond motifs is 1. The van der Waals surface area contributed by atoms with E-state index in [1.165, 1.54) is 16.9 Å². The summed E-state index contributed by atoms with van der Waals surface area (Å²) in [5, 5.41) is 1.24. The van der Waals surface area contributed by atoms with Crippen molar-refractivity contribution in [1.82, 2.24) is 4.98 Å². The Balaban J connectivity index is 1.74. The summed E-state index contributed by atoms with van der Waals surface area (Å²) in [6, 6.07) is 23.5. The molecule has 4 aromatic rings. The number of amides is 1. The molecule has 0 aliphatic carbocycles. The first-order valence-electron chi connectivity index (χ1n) is 9.84. The molecule has 1 aromatic heterocycles. The number of para-hydroxylation sites is 1. The van der Waals surface area contributed by atoms with Gasteiger partial charge >= 0.3 is 0 Å². The average molecular weight is 435 g/mol. The van der Waals surface area contributed by atoms with E-state index in [0.717, 1.165) is 15.8 Å². The molecule has 0 bridgehead atoms. The highest BCUT2D eigenvalue weighted by atomic mass is 35.5. The lowest BCUT2D eigenvalue weighted by atomic mass is 9.86. The van der Waals surface area contributed by atoms with Crippen LogP contribution in [0.4, 0.5) is 5.13 Å². The van der Waals surface area contributed by atoms with Crippen LogP contribution in [0.2, 0.25) is 5.02 Å². The first-order chi connectivity index (χ1) is 14.3. The van der Waals surface area contributed by atoms with Crippen LogP contribution in [-0.4, -0.2) is 10.9 Å². The van der Waals surface area contributed by atoms with Crippen LogP contribution in [0.3, 0.4) is 0 Å². The summed E-state index contributed by atoms with van der Waals surface area (Å²) < 4.78 is 0.964. The van der Waals surface area contributed by atoms with Crippen molar-refractivity contribution in [3.05, 3.63) is 94.5 Å². The van der Waals surface area contributed by atoms with Crippen LogP contribution in [-0.2, 0) is 12.0 Å². The Morgan fingerprint density at radius 2 is 1.67 bits per heavy atom. The molecule has 152 valence electrons. The van der Waals surface area contributed by atoms with Gasteiger partial charge in [-0.15, -0.1) is 0 Å². The smallest absolute Gasteiger partial charge is 0.260 e. The van der Waals surface area contributed by atoms with Gasteiger partial charge in [0.05, 0.1) is 16.3 Å². The van der Waals surface area contributed by atoms with Gasteiger partial charge in [0.1, 0.15) is 5.52 Å². The summed E-state index contributed by atoms with van der Waals surface area (Å²) in [4.78, 5) is 20.0. The average Bonchev–Trinajstić information content (AvgIpc) is 3.17. The fraction of sp³-hybridized carbons (Fsp3) is 0.200. The first kappa shape index (κ1) is 20.6. The molecule has 3 nitrogen and oxygen atoms in total. The van der Waals surface area contributed by atoms with Crippen molar-refractivity contribution < 1.29 is 4.79 Å². The van der Waals surface area contributed by atoms with Crippen molar-refractivity contribution in [2.24, 2.45) is 0 Å². The van der Waals surface area contributed by atoms with Gasteiger partial charge < -0.3 is 0 Å². The molecule has 5 heteroatoms. The molecule has 1 amide bonds. The second-order valence-electron chi connectivity index (χ2n) is 8.29. The first-order valence-corrected chi connectivity index (χ1v) is 11.0. The molecule has 0 spiro atoms. The number of anilines is 1. The van der Waals surface area contributed by atoms with Gasteiger partial charge in [0.2, 0.25) is 0 Å². The molecule has 0 saturated heterocycles. The fourth-order valence-electron chi connectivity index (χ4n) is 3.28. The van der Waals surface area contributed by atoms with E-state index in [2.05, 4.69) is 20.8 Å². The number of thiazole rings is 1. The lowest BCUT2D eigenvalue weighted by Gasteiger charge is -2.22. The Morgan fingerprint density at radius 1 is 0.967 bits per heavy atom. The Kier molecular flexibility index (Phi) is 5.63. The van der Waals surface area contributed by atoms with Crippen LogP contribution >= 0.6 is 22.9 Å². The lowest BCUT2D eigenvalue weighted by Crippen LogP contribution is -2.30. The van der Waals surface area contributed by atoms with Crippen LogP contribution in [0, 0.1) is 0 Å². The quantitative estimate of drug-likeness (QED) is 0.343. The van der Waals surface area contributed by atoms with Gasteiger partial charge in [-0.3, -0.25) is 9.69 Å². The summed E-state index contributed by atoms with van der Waals surface area (Å²) in [6.45, 7) is 6.93. The third kappa shape index (κ3) is 4.25. The van der Waals surface area contributed by atoms with Crippen molar-refractivity contribution in [2.75, 3.05) is 4.90 Å². The number of aromatic nitrogens is 1. The standard InChI is InChI=1S/C25H23ClN2OS/c1-25(2,3)19-14-12-18(13-15-19)23(29)28(16-17-8-5-4-6-9-17)24-27-22-20(26)10-7-11-21(22)30-24/h4-15H,16H2,1-3H3. The fourth-order valence-corrected chi connectivity index (χ4v) is 4.54. The minimum atomic E-state index is -0.0745. The molecule has 0 atom stereocenters. The monoisotopic (exact) mass is 434 g/mol. The van der Waals surface area contributed by atoms with E-state index >= 15 is 0 Å². The SMILES string of the molecule is CC(C)(C)c1ccc(C(=O)N(Cc2ccccc2)c2nc3c(Cl)cccc3s2)cc1. The maximum absolute atomic E-state index is 13.5. The highest BCUT2D eigenvalue weighted by Crippen LogP contribution is 2.34. The number of carbonyl (C=O) groups is 1. The predicted octanol–water partition coefficient (Wildman–Crippen LogP) is 7.09.